The molecule has 5 heteroatoms. The first kappa shape index (κ1) is 16.3. The lowest BCUT2D eigenvalue weighted by Gasteiger charge is -2.25. The van der Waals surface area contributed by atoms with Crippen molar-refractivity contribution in [1.29, 1.82) is 0 Å². The molecule has 0 heterocycles. The van der Waals surface area contributed by atoms with Crippen LogP contribution < -0.4 is 14.8 Å². The molecule has 0 saturated heterocycles. The number of methoxy groups -OCH3 is 2. The summed E-state index contributed by atoms with van der Waals surface area (Å²) >= 11 is 0. The molecule has 0 unspecified atom stereocenters. The molecular weight excluding hydrogens is 258 g/mol. The fourth-order valence-corrected chi connectivity index (χ4v) is 1.83. The van der Waals surface area contributed by atoms with E-state index < -0.39 is 5.60 Å². The Bertz CT molecular complexity index is 455. The van der Waals surface area contributed by atoms with E-state index in [1.54, 1.807) is 18.2 Å². The lowest BCUT2D eigenvalue weighted by molar-refractivity contribution is 0.0313. The van der Waals surface area contributed by atoms with Gasteiger partial charge in [-0.1, -0.05) is 13.8 Å². The van der Waals surface area contributed by atoms with Crippen molar-refractivity contribution in [3.05, 3.63) is 23.8 Å². The molecule has 0 aromatic heterocycles. The number of benzene rings is 1. The topological polar surface area (TPSA) is 67.8 Å². The van der Waals surface area contributed by atoms with Gasteiger partial charge in [0.2, 0.25) is 0 Å². The molecule has 0 aliphatic rings. The molecule has 1 rings (SSSR count). The molecule has 1 aromatic rings. The summed E-state index contributed by atoms with van der Waals surface area (Å²) in [6.45, 7) is 3.99. The Morgan fingerprint density at radius 1 is 1.25 bits per heavy atom. The van der Waals surface area contributed by atoms with Gasteiger partial charge in [-0.05, 0) is 31.0 Å². The molecule has 0 spiro atoms. The van der Waals surface area contributed by atoms with Crippen LogP contribution in [-0.4, -0.2) is 37.4 Å². The van der Waals surface area contributed by atoms with Crippen molar-refractivity contribution in [3.8, 4) is 11.5 Å². The molecule has 0 aliphatic heterocycles. The van der Waals surface area contributed by atoms with Gasteiger partial charge in [0, 0.05) is 6.54 Å². The number of ether oxygens (including phenoxy) is 2. The summed E-state index contributed by atoms with van der Waals surface area (Å²) in [5.41, 5.74) is -0.483. The Labute approximate surface area is 119 Å². The third-order valence-electron chi connectivity index (χ3n) is 3.55. The maximum Gasteiger partial charge on any atom is 0.255 e. The summed E-state index contributed by atoms with van der Waals surface area (Å²) in [6.07, 6.45) is 1.16. The van der Waals surface area contributed by atoms with Crippen molar-refractivity contribution in [1.82, 2.24) is 5.32 Å². The third kappa shape index (κ3) is 3.87. The molecule has 2 N–H and O–H groups in total. The Morgan fingerprint density at radius 3 is 2.40 bits per heavy atom. The van der Waals surface area contributed by atoms with Gasteiger partial charge in [0.05, 0.1) is 25.4 Å². The van der Waals surface area contributed by atoms with Crippen LogP contribution in [0, 0.1) is 0 Å². The van der Waals surface area contributed by atoms with E-state index in [1.807, 2.05) is 13.8 Å². The fourth-order valence-electron chi connectivity index (χ4n) is 1.83. The van der Waals surface area contributed by atoms with Gasteiger partial charge in [0.1, 0.15) is 11.5 Å². The van der Waals surface area contributed by atoms with E-state index in [0.29, 0.717) is 29.9 Å². The number of carbonyl (C=O) groups excluding carboxylic acids is 1. The SMILES string of the molecule is CCC(O)(CC)CNC(=O)c1cc(OC)ccc1OC. The van der Waals surface area contributed by atoms with Crippen LogP contribution in [0.5, 0.6) is 11.5 Å². The Morgan fingerprint density at radius 2 is 1.90 bits per heavy atom. The van der Waals surface area contributed by atoms with Gasteiger partial charge >= 0.3 is 0 Å². The van der Waals surface area contributed by atoms with Crippen LogP contribution in [0.1, 0.15) is 37.0 Å². The minimum atomic E-state index is -0.873. The molecule has 20 heavy (non-hydrogen) atoms. The first-order chi connectivity index (χ1) is 9.49. The van der Waals surface area contributed by atoms with Crippen molar-refractivity contribution in [2.24, 2.45) is 0 Å². The number of hydrogen-bond donors (Lipinski definition) is 2. The molecule has 0 bridgehead atoms. The minimum absolute atomic E-state index is 0.208. The molecule has 1 amide bonds. The van der Waals surface area contributed by atoms with Gasteiger partial charge in [-0.2, -0.15) is 0 Å². The van der Waals surface area contributed by atoms with Gasteiger partial charge < -0.3 is 19.9 Å². The highest BCUT2D eigenvalue weighted by Gasteiger charge is 2.24. The van der Waals surface area contributed by atoms with Crippen LogP contribution >= 0.6 is 0 Å². The maximum atomic E-state index is 12.2. The van der Waals surface area contributed by atoms with Gasteiger partial charge in [0.25, 0.3) is 5.91 Å². The summed E-state index contributed by atoms with van der Waals surface area (Å²) in [5.74, 6) is 0.762. The molecule has 0 fully saturated rings. The van der Waals surface area contributed by atoms with Crippen molar-refractivity contribution in [2.45, 2.75) is 32.3 Å². The van der Waals surface area contributed by atoms with E-state index in [9.17, 15) is 9.90 Å². The highest BCUT2D eigenvalue weighted by molar-refractivity contribution is 5.97. The van der Waals surface area contributed by atoms with Crippen LogP contribution in [0.25, 0.3) is 0 Å². The van der Waals surface area contributed by atoms with E-state index >= 15 is 0 Å². The van der Waals surface area contributed by atoms with Crippen LogP contribution in [-0.2, 0) is 0 Å². The molecule has 0 aliphatic carbocycles. The monoisotopic (exact) mass is 281 g/mol. The zero-order valence-corrected chi connectivity index (χ0v) is 12.5. The molecule has 0 atom stereocenters. The number of aliphatic hydroxyl groups is 1. The second-order valence-corrected chi connectivity index (χ2v) is 4.68. The second kappa shape index (κ2) is 7.14. The van der Waals surface area contributed by atoms with Crippen molar-refractivity contribution in [2.75, 3.05) is 20.8 Å². The highest BCUT2D eigenvalue weighted by Crippen LogP contribution is 2.24. The number of amides is 1. The lowest BCUT2D eigenvalue weighted by Crippen LogP contribution is -2.42. The fraction of sp³-hybridized carbons (Fsp3) is 0.533. The van der Waals surface area contributed by atoms with Gasteiger partial charge in [0.15, 0.2) is 0 Å². The molecule has 0 radical (unpaired) electrons. The van der Waals surface area contributed by atoms with Crippen molar-refractivity contribution < 1.29 is 19.4 Å². The predicted molar refractivity (Wildman–Crippen MR) is 77.4 cm³/mol. The summed E-state index contributed by atoms with van der Waals surface area (Å²) in [4.78, 5) is 12.2. The molecular formula is C15H23NO4. The van der Waals surface area contributed by atoms with Gasteiger partial charge in [-0.15, -0.1) is 0 Å². The average molecular weight is 281 g/mol. The van der Waals surface area contributed by atoms with E-state index in [2.05, 4.69) is 5.32 Å². The van der Waals surface area contributed by atoms with Crippen LogP contribution in [0.15, 0.2) is 18.2 Å². The van der Waals surface area contributed by atoms with E-state index in [-0.39, 0.29) is 12.5 Å². The zero-order valence-electron chi connectivity index (χ0n) is 12.5. The number of hydrogen-bond acceptors (Lipinski definition) is 4. The van der Waals surface area contributed by atoms with E-state index in [1.165, 1.54) is 14.2 Å². The van der Waals surface area contributed by atoms with Gasteiger partial charge in [-0.25, -0.2) is 0 Å². The number of rotatable bonds is 7. The standard InChI is InChI=1S/C15H23NO4/c1-5-15(18,6-2)10-16-14(17)12-9-11(19-3)7-8-13(12)20-4/h7-9,18H,5-6,10H2,1-4H3,(H,16,17). The summed E-state index contributed by atoms with van der Waals surface area (Å²) in [5, 5.41) is 12.9. The lowest BCUT2D eigenvalue weighted by atomic mass is 9.97. The molecule has 1 aromatic carbocycles. The Balaban J connectivity index is 2.86. The predicted octanol–water partition coefficient (Wildman–Crippen LogP) is 1.98. The second-order valence-electron chi connectivity index (χ2n) is 4.68. The normalized spacial score (nSPS) is 11.1. The quantitative estimate of drug-likeness (QED) is 0.802. The van der Waals surface area contributed by atoms with Gasteiger partial charge in [-0.3, -0.25) is 4.79 Å². The van der Waals surface area contributed by atoms with Crippen molar-refractivity contribution >= 4 is 5.91 Å². The summed E-state index contributed by atoms with van der Waals surface area (Å²) in [7, 11) is 3.05. The smallest absolute Gasteiger partial charge is 0.255 e. The van der Waals surface area contributed by atoms with Crippen LogP contribution in [0.2, 0.25) is 0 Å². The summed E-state index contributed by atoms with van der Waals surface area (Å²) < 4.78 is 10.3. The first-order valence-electron chi connectivity index (χ1n) is 6.72. The first-order valence-corrected chi connectivity index (χ1v) is 6.72. The van der Waals surface area contributed by atoms with Crippen LogP contribution in [0.3, 0.4) is 0 Å². The maximum absolute atomic E-state index is 12.2. The van der Waals surface area contributed by atoms with Crippen LogP contribution in [0.4, 0.5) is 0 Å². The largest absolute Gasteiger partial charge is 0.497 e. The Kier molecular flexibility index (Phi) is 5.82. The van der Waals surface area contributed by atoms with E-state index in [4.69, 9.17) is 9.47 Å². The Hall–Kier alpha value is -1.75. The number of nitrogens with one attached hydrogen (secondary N) is 1. The average Bonchev–Trinajstić information content (AvgIpc) is 2.51. The number of carbonyl (C=O) groups is 1. The van der Waals surface area contributed by atoms with E-state index in [0.717, 1.165) is 0 Å². The molecule has 5 nitrogen and oxygen atoms in total. The molecule has 112 valence electrons. The molecule has 0 saturated carbocycles. The highest BCUT2D eigenvalue weighted by atomic mass is 16.5. The summed E-state index contributed by atoms with van der Waals surface area (Å²) in [6, 6.07) is 5.02. The third-order valence-corrected chi connectivity index (χ3v) is 3.55. The van der Waals surface area contributed by atoms with Crippen molar-refractivity contribution in [3.63, 3.8) is 0 Å². The zero-order chi connectivity index (χ0) is 15.2. The minimum Gasteiger partial charge on any atom is -0.497 e.